The Morgan fingerprint density at radius 2 is 1.65 bits per heavy atom. The molecule has 0 spiro atoms. The number of halogens is 1. The van der Waals surface area contributed by atoms with Crippen molar-refractivity contribution in [3.05, 3.63) is 101 Å². The molecule has 0 atom stereocenters. The molecule has 172 valence electrons. The van der Waals surface area contributed by atoms with Crippen molar-refractivity contribution in [2.75, 3.05) is 17.7 Å². The minimum Gasteiger partial charge on any atom is -0.465 e. The van der Waals surface area contributed by atoms with Crippen LogP contribution in [0.25, 0.3) is 0 Å². The first kappa shape index (κ1) is 23.0. The van der Waals surface area contributed by atoms with Crippen LogP contribution in [-0.2, 0) is 17.9 Å². The monoisotopic (exact) mass is 475 g/mol. The summed E-state index contributed by atoms with van der Waals surface area (Å²) in [5, 5.41) is 6.95. The molecule has 3 aromatic carbocycles. The molecule has 8 nitrogen and oxygen atoms in total. The standard InChI is InChI=1S/C25H22ClN5O3/c1-33-22(32)19-8-5-9-21(14-19)28-24-29-23(27-15-17-10-12-20(26)13-11-17)30-25(31-24)34-16-18-6-3-2-4-7-18/h2-14H,15-16H2,1H3,(H2,27,28,29,30,31). The van der Waals surface area contributed by atoms with E-state index < -0.39 is 5.97 Å². The number of anilines is 3. The zero-order valence-electron chi connectivity index (χ0n) is 18.4. The second-order valence-electron chi connectivity index (χ2n) is 7.22. The van der Waals surface area contributed by atoms with Gasteiger partial charge in [0.15, 0.2) is 0 Å². The maximum atomic E-state index is 11.9. The molecule has 0 amide bonds. The van der Waals surface area contributed by atoms with Crippen LogP contribution in [-0.4, -0.2) is 28.0 Å². The Kier molecular flexibility index (Phi) is 7.52. The first-order chi connectivity index (χ1) is 16.6. The van der Waals surface area contributed by atoms with Gasteiger partial charge in [-0.25, -0.2) is 4.79 Å². The molecular formula is C25H22ClN5O3. The second-order valence-corrected chi connectivity index (χ2v) is 7.65. The number of hydrogen-bond donors (Lipinski definition) is 2. The van der Waals surface area contributed by atoms with Gasteiger partial charge in [-0.15, -0.1) is 0 Å². The smallest absolute Gasteiger partial charge is 0.337 e. The lowest BCUT2D eigenvalue weighted by molar-refractivity contribution is 0.0601. The Morgan fingerprint density at radius 3 is 2.41 bits per heavy atom. The molecule has 0 aliphatic heterocycles. The van der Waals surface area contributed by atoms with Gasteiger partial charge in [0.05, 0.1) is 12.7 Å². The van der Waals surface area contributed by atoms with Gasteiger partial charge in [-0.1, -0.05) is 60.1 Å². The van der Waals surface area contributed by atoms with Gasteiger partial charge >= 0.3 is 12.0 Å². The van der Waals surface area contributed by atoms with Gasteiger partial charge in [0.2, 0.25) is 11.9 Å². The molecule has 0 aliphatic rings. The van der Waals surface area contributed by atoms with Gasteiger partial charge in [-0.3, -0.25) is 0 Å². The van der Waals surface area contributed by atoms with Crippen molar-refractivity contribution in [2.24, 2.45) is 0 Å². The number of esters is 1. The van der Waals surface area contributed by atoms with Crippen LogP contribution in [0.3, 0.4) is 0 Å². The van der Waals surface area contributed by atoms with Gasteiger partial charge in [0.25, 0.3) is 0 Å². The molecule has 34 heavy (non-hydrogen) atoms. The molecule has 0 saturated carbocycles. The molecule has 1 heterocycles. The quantitative estimate of drug-likeness (QED) is 0.317. The van der Waals surface area contributed by atoms with Gasteiger partial charge in [0.1, 0.15) is 6.61 Å². The predicted molar refractivity (Wildman–Crippen MR) is 130 cm³/mol. The third-order valence-electron chi connectivity index (χ3n) is 4.73. The number of hydrogen-bond acceptors (Lipinski definition) is 8. The van der Waals surface area contributed by atoms with E-state index in [1.807, 2.05) is 54.6 Å². The summed E-state index contributed by atoms with van der Waals surface area (Å²) in [6, 6.07) is 24.2. The maximum absolute atomic E-state index is 11.9. The van der Waals surface area contributed by atoms with E-state index in [-0.39, 0.29) is 12.0 Å². The first-order valence-electron chi connectivity index (χ1n) is 10.5. The Morgan fingerprint density at radius 1 is 0.882 bits per heavy atom. The molecule has 0 bridgehead atoms. The van der Waals surface area contributed by atoms with Crippen molar-refractivity contribution >= 4 is 35.2 Å². The molecule has 0 fully saturated rings. The number of benzene rings is 3. The summed E-state index contributed by atoms with van der Waals surface area (Å²) >= 11 is 5.97. The highest BCUT2D eigenvalue weighted by Gasteiger charge is 2.11. The number of aromatic nitrogens is 3. The van der Waals surface area contributed by atoms with Gasteiger partial charge in [-0.05, 0) is 41.5 Å². The van der Waals surface area contributed by atoms with E-state index in [0.717, 1.165) is 11.1 Å². The molecule has 0 aliphatic carbocycles. The van der Waals surface area contributed by atoms with Crippen LogP contribution >= 0.6 is 11.6 Å². The zero-order chi connectivity index (χ0) is 23.8. The third-order valence-corrected chi connectivity index (χ3v) is 4.98. The number of nitrogens with one attached hydrogen (secondary N) is 2. The number of rotatable bonds is 9. The molecule has 4 rings (SSSR count). The predicted octanol–water partition coefficient (Wildman–Crippen LogP) is 5.25. The number of carbonyl (C=O) groups is 1. The Balaban J connectivity index is 1.55. The molecule has 0 unspecified atom stereocenters. The van der Waals surface area contributed by atoms with E-state index >= 15 is 0 Å². The van der Waals surface area contributed by atoms with Crippen molar-refractivity contribution in [1.82, 2.24) is 15.0 Å². The number of methoxy groups -OCH3 is 1. The Bertz CT molecular complexity index is 1250. The van der Waals surface area contributed by atoms with Gasteiger partial charge in [0, 0.05) is 17.3 Å². The van der Waals surface area contributed by atoms with E-state index in [2.05, 4.69) is 25.6 Å². The van der Waals surface area contributed by atoms with Gasteiger partial charge in [-0.2, -0.15) is 15.0 Å². The summed E-state index contributed by atoms with van der Waals surface area (Å²) in [5.41, 5.74) is 3.02. The first-order valence-corrected chi connectivity index (χ1v) is 10.8. The van der Waals surface area contributed by atoms with Crippen molar-refractivity contribution in [2.45, 2.75) is 13.2 Å². The summed E-state index contributed by atoms with van der Waals surface area (Å²) in [6.45, 7) is 0.787. The summed E-state index contributed by atoms with van der Waals surface area (Å²) in [7, 11) is 1.34. The van der Waals surface area contributed by atoms with Crippen molar-refractivity contribution < 1.29 is 14.3 Å². The SMILES string of the molecule is COC(=O)c1cccc(Nc2nc(NCc3ccc(Cl)cc3)nc(OCc3ccccc3)n2)c1. The topological polar surface area (TPSA) is 98.3 Å². The fourth-order valence-electron chi connectivity index (χ4n) is 3.03. The lowest BCUT2D eigenvalue weighted by Gasteiger charge is -2.11. The van der Waals surface area contributed by atoms with Crippen molar-refractivity contribution in [3.63, 3.8) is 0 Å². The number of carbonyl (C=O) groups excluding carboxylic acids is 1. The largest absolute Gasteiger partial charge is 0.465 e. The minimum absolute atomic E-state index is 0.157. The van der Waals surface area contributed by atoms with E-state index in [9.17, 15) is 4.79 Å². The molecule has 2 N–H and O–H groups in total. The molecule has 9 heteroatoms. The van der Waals surface area contributed by atoms with Crippen molar-refractivity contribution in [3.8, 4) is 6.01 Å². The minimum atomic E-state index is -0.434. The van der Waals surface area contributed by atoms with Crippen LogP contribution in [0.15, 0.2) is 78.9 Å². The van der Waals surface area contributed by atoms with Crippen LogP contribution in [0.2, 0.25) is 5.02 Å². The molecular weight excluding hydrogens is 454 g/mol. The van der Waals surface area contributed by atoms with Crippen LogP contribution in [0.4, 0.5) is 17.6 Å². The molecule has 0 saturated heterocycles. The lowest BCUT2D eigenvalue weighted by atomic mass is 10.2. The maximum Gasteiger partial charge on any atom is 0.337 e. The number of ether oxygens (including phenoxy) is 2. The van der Waals surface area contributed by atoms with Crippen molar-refractivity contribution in [1.29, 1.82) is 0 Å². The summed E-state index contributed by atoms with van der Waals surface area (Å²) < 4.78 is 10.6. The Labute approximate surface area is 202 Å². The van der Waals surface area contributed by atoms with E-state index in [1.54, 1.807) is 24.3 Å². The highest BCUT2D eigenvalue weighted by Crippen LogP contribution is 2.20. The normalized spacial score (nSPS) is 10.4. The number of nitrogens with zero attached hydrogens (tertiary/aromatic N) is 3. The molecule has 4 aromatic rings. The van der Waals surface area contributed by atoms with Crippen LogP contribution in [0.1, 0.15) is 21.5 Å². The van der Waals surface area contributed by atoms with Crippen LogP contribution in [0, 0.1) is 0 Å². The lowest BCUT2D eigenvalue weighted by Crippen LogP contribution is -2.10. The van der Waals surface area contributed by atoms with E-state index in [0.29, 0.717) is 35.4 Å². The fraction of sp³-hybridized carbons (Fsp3) is 0.120. The molecule has 0 radical (unpaired) electrons. The van der Waals surface area contributed by atoms with Gasteiger partial charge < -0.3 is 20.1 Å². The fourth-order valence-corrected chi connectivity index (χ4v) is 3.16. The van der Waals surface area contributed by atoms with E-state index in [4.69, 9.17) is 21.1 Å². The van der Waals surface area contributed by atoms with Crippen LogP contribution in [0.5, 0.6) is 6.01 Å². The average molecular weight is 476 g/mol. The zero-order valence-corrected chi connectivity index (χ0v) is 19.1. The highest BCUT2D eigenvalue weighted by atomic mass is 35.5. The molecule has 1 aromatic heterocycles. The summed E-state index contributed by atoms with van der Waals surface area (Å²) in [4.78, 5) is 25.1. The van der Waals surface area contributed by atoms with E-state index in [1.165, 1.54) is 7.11 Å². The third kappa shape index (κ3) is 6.43. The average Bonchev–Trinajstić information content (AvgIpc) is 2.87. The summed E-state index contributed by atoms with van der Waals surface area (Å²) in [5.74, 6) is 0.162. The summed E-state index contributed by atoms with van der Waals surface area (Å²) in [6.07, 6.45) is 0. The second kappa shape index (κ2) is 11.1. The van der Waals surface area contributed by atoms with Crippen LogP contribution < -0.4 is 15.4 Å². The highest BCUT2D eigenvalue weighted by molar-refractivity contribution is 6.30. The Hall–Kier alpha value is -4.17.